The average Bonchev–Trinajstić information content (AvgIpc) is 3.14. The third-order valence-corrected chi connectivity index (χ3v) is 4.10. The van der Waals surface area contributed by atoms with E-state index >= 15 is 0 Å². The van der Waals surface area contributed by atoms with Crippen LogP contribution in [0.3, 0.4) is 0 Å². The largest absolute Gasteiger partial charge is 0.478 e. The molecule has 2 aromatic carbocycles. The smallest absolute Gasteiger partial charge is 0.336 e. The number of aromatic carboxylic acids is 1. The SMILES string of the molecule is O=C(O)c1cccc(C#Cc2ccccc2)c1-c1cnc2[nH]ccc2c1. The molecule has 0 fully saturated rings. The summed E-state index contributed by atoms with van der Waals surface area (Å²) in [6.07, 6.45) is 3.48. The van der Waals surface area contributed by atoms with Crippen LogP contribution in [-0.2, 0) is 0 Å². The molecule has 4 aromatic rings. The van der Waals surface area contributed by atoms with Crippen LogP contribution in [0.4, 0.5) is 0 Å². The van der Waals surface area contributed by atoms with Crippen LogP contribution in [0, 0.1) is 11.8 Å². The Kier molecular flexibility index (Phi) is 3.97. The van der Waals surface area contributed by atoms with Gasteiger partial charge in [-0.2, -0.15) is 0 Å². The summed E-state index contributed by atoms with van der Waals surface area (Å²) in [6.45, 7) is 0. The Bertz CT molecular complexity index is 1160. The first-order valence-electron chi connectivity index (χ1n) is 8.09. The summed E-state index contributed by atoms with van der Waals surface area (Å²) in [5.74, 6) is 5.23. The molecule has 0 aliphatic heterocycles. The number of aromatic amines is 1. The van der Waals surface area contributed by atoms with E-state index in [1.165, 1.54) is 0 Å². The molecule has 2 N–H and O–H groups in total. The minimum atomic E-state index is -0.988. The van der Waals surface area contributed by atoms with Gasteiger partial charge in [-0.15, -0.1) is 0 Å². The van der Waals surface area contributed by atoms with Crippen molar-refractivity contribution in [2.45, 2.75) is 0 Å². The van der Waals surface area contributed by atoms with Crippen molar-refractivity contribution in [1.29, 1.82) is 0 Å². The third-order valence-electron chi connectivity index (χ3n) is 4.10. The second kappa shape index (κ2) is 6.58. The lowest BCUT2D eigenvalue weighted by Gasteiger charge is -2.09. The number of benzene rings is 2. The number of hydrogen-bond donors (Lipinski definition) is 2. The van der Waals surface area contributed by atoms with Gasteiger partial charge in [0.2, 0.25) is 0 Å². The van der Waals surface area contributed by atoms with Gasteiger partial charge in [-0.25, -0.2) is 9.78 Å². The van der Waals surface area contributed by atoms with Crippen molar-refractivity contribution in [3.63, 3.8) is 0 Å². The summed E-state index contributed by atoms with van der Waals surface area (Å²) < 4.78 is 0. The number of nitrogens with one attached hydrogen (secondary N) is 1. The molecule has 4 nitrogen and oxygen atoms in total. The van der Waals surface area contributed by atoms with E-state index in [-0.39, 0.29) is 5.56 Å². The molecule has 0 spiro atoms. The molecule has 2 aromatic heterocycles. The Balaban J connectivity index is 1.91. The van der Waals surface area contributed by atoms with Gasteiger partial charge in [0.15, 0.2) is 0 Å². The van der Waals surface area contributed by atoms with Crippen molar-refractivity contribution < 1.29 is 9.90 Å². The molecule has 0 amide bonds. The first-order valence-corrected chi connectivity index (χ1v) is 8.09. The molecule has 4 rings (SSSR count). The predicted molar refractivity (Wildman–Crippen MR) is 101 cm³/mol. The topological polar surface area (TPSA) is 66.0 Å². The van der Waals surface area contributed by atoms with Gasteiger partial charge in [0, 0.05) is 40.0 Å². The first-order chi connectivity index (χ1) is 12.7. The maximum Gasteiger partial charge on any atom is 0.336 e. The molecule has 124 valence electrons. The summed E-state index contributed by atoms with van der Waals surface area (Å²) in [7, 11) is 0. The highest BCUT2D eigenvalue weighted by molar-refractivity contribution is 5.98. The van der Waals surface area contributed by atoms with Crippen LogP contribution in [0.1, 0.15) is 21.5 Å². The Morgan fingerprint density at radius 1 is 1.00 bits per heavy atom. The number of nitrogens with zero attached hydrogens (tertiary/aromatic N) is 1. The van der Waals surface area contributed by atoms with E-state index in [0.29, 0.717) is 11.1 Å². The Labute approximate surface area is 150 Å². The van der Waals surface area contributed by atoms with E-state index < -0.39 is 5.97 Å². The lowest BCUT2D eigenvalue weighted by Crippen LogP contribution is -2.01. The van der Waals surface area contributed by atoms with E-state index in [4.69, 9.17) is 0 Å². The summed E-state index contributed by atoms with van der Waals surface area (Å²) in [6, 6.07) is 18.6. The maximum atomic E-state index is 11.8. The monoisotopic (exact) mass is 338 g/mol. The standard InChI is InChI=1S/C22H14N2O2/c25-22(26)19-8-4-7-16(10-9-15-5-2-1-3-6-15)20(19)18-13-17-11-12-23-21(17)24-14-18/h1-8,11-14H,(H,23,24)(H,25,26). The number of hydrogen-bond acceptors (Lipinski definition) is 2. The molecule has 4 heteroatoms. The van der Waals surface area contributed by atoms with Crippen LogP contribution in [0.5, 0.6) is 0 Å². The molecular weight excluding hydrogens is 324 g/mol. The lowest BCUT2D eigenvalue weighted by molar-refractivity contribution is 0.0697. The zero-order chi connectivity index (χ0) is 17.9. The number of aromatic nitrogens is 2. The van der Waals surface area contributed by atoms with Gasteiger partial charge < -0.3 is 10.1 Å². The highest BCUT2D eigenvalue weighted by Gasteiger charge is 2.16. The highest BCUT2D eigenvalue weighted by atomic mass is 16.4. The first kappa shape index (κ1) is 15.7. The molecule has 2 heterocycles. The van der Waals surface area contributed by atoms with Crippen LogP contribution in [0.15, 0.2) is 73.1 Å². The number of rotatable bonds is 2. The van der Waals surface area contributed by atoms with E-state index in [0.717, 1.165) is 22.2 Å². The van der Waals surface area contributed by atoms with Crippen molar-refractivity contribution >= 4 is 17.0 Å². The molecule has 0 atom stereocenters. The second-order valence-corrected chi connectivity index (χ2v) is 5.79. The van der Waals surface area contributed by atoms with Crippen LogP contribution in [0.2, 0.25) is 0 Å². The van der Waals surface area contributed by atoms with Crippen molar-refractivity contribution in [3.8, 4) is 23.0 Å². The molecule has 0 saturated heterocycles. The van der Waals surface area contributed by atoms with Crippen LogP contribution in [0.25, 0.3) is 22.2 Å². The van der Waals surface area contributed by atoms with Gasteiger partial charge in [0.1, 0.15) is 5.65 Å². The Morgan fingerprint density at radius 2 is 1.85 bits per heavy atom. The number of H-pyrrole nitrogens is 1. The average molecular weight is 338 g/mol. The molecular formula is C22H14N2O2. The summed E-state index contributed by atoms with van der Waals surface area (Å²) in [5, 5.41) is 10.6. The highest BCUT2D eigenvalue weighted by Crippen LogP contribution is 2.29. The molecule has 0 radical (unpaired) electrons. The summed E-state index contributed by atoms with van der Waals surface area (Å²) >= 11 is 0. The third kappa shape index (κ3) is 2.94. The van der Waals surface area contributed by atoms with E-state index in [9.17, 15) is 9.90 Å². The Morgan fingerprint density at radius 3 is 2.65 bits per heavy atom. The van der Waals surface area contributed by atoms with Crippen molar-refractivity contribution in [2.75, 3.05) is 0 Å². The number of carbonyl (C=O) groups is 1. The zero-order valence-electron chi connectivity index (χ0n) is 13.7. The van der Waals surface area contributed by atoms with Crippen LogP contribution >= 0.6 is 0 Å². The number of fused-ring (bicyclic) bond motifs is 1. The minimum Gasteiger partial charge on any atom is -0.478 e. The lowest BCUT2D eigenvalue weighted by atomic mass is 9.95. The number of carboxylic acid groups (broad SMARTS) is 1. The number of pyridine rings is 1. The van der Waals surface area contributed by atoms with E-state index in [1.54, 1.807) is 24.5 Å². The van der Waals surface area contributed by atoms with Gasteiger partial charge in [0.25, 0.3) is 0 Å². The van der Waals surface area contributed by atoms with Crippen LogP contribution in [-0.4, -0.2) is 21.0 Å². The van der Waals surface area contributed by atoms with E-state index in [1.807, 2.05) is 48.5 Å². The number of carboxylic acids is 1. The fourth-order valence-corrected chi connectivity index (χ4v) is 2.88. The molecule has 0 aliphatic carbocycles. The molecule has 26 heavy (non-hydrogen) atoms. The normalized spacial score (nSPS) is 10.3. The van der Waals surface area contributed by atoms with Crippen molar-refractivity contribution in [3.05, 3.63) is 89.7 Å². The predicted octanol–water partition coefficient (Wildman–Crippen LogP) is 4.33. The summed E-state index contributed by atoms with van der Waals surface area (Å²) in [4.78, 5) is 19.2. The second-order valence-electron chi connectivity index (χ2n) is 5.79. The van der Waals surface area contributed by atoms with Crippen molar-refractivity contribution in [2.24, 2.45) is 0 Å². The fraction of sp³-hybridized carbons (Fsp3) is 0. The van der Waals surface area contributed by atoms with Gasteiger partial charge in [-0.3, -0.25) is 0 Å². The van der Waals surface area contributed by atoms with Gasteiger partial charge in [-0.1, -0.05) is 36.1 Å². The molecule has 0 bridgehead atoms. The van der Waals surface area contributed by atoms with Gasteiger partial charge >= 0.3 is 5.97 Å². The van der Waals surface area contributed by atoms with E-state index in [2.05, 4.69) is 21.8 Å². The molecule has 0 aliphatic rings. The Hall–Kier alpha value is -3.84. The van der Waals surface area contributed by atoms with Gasteiger partial charge in [0.05, 0.1) is 5.56 Å². The minimum absolute atomic E-state index is 0.210. The molecule has 0 saturated carbocycles. The quantitative estimate of drug-likeness (QED) is 0.535. The fourth-order valence-electron chi connectivity index (χ4n) is 2.88. The maximum absolute atomic E-state index is 11.8. The molecule has 0 unspecified atom stereocenters. The zero-order valence-corrected chi connectivity index (χ0v) is 13.7. The van der Waals surface area contributed by atoms with Crippen LogP contribution < -0.4 is 0 Å². The summed E-state index contributed by atoms with van der Waals surface area (Å²) in [5.41, 5.74) is 3.82. The van der Waals surface area contributed by atoms with Crippen molar-refractivity contribution in [1.82, 2.24) is 9.97 Å². The van der Waals surface area contributed by atoms with Gasteiger partial charge in [-0.05, 0) is 36.4 Å².